The molecule has 1 aliphatic heterocycles. The number of hydrogen-bond acceptors (Lipinski definition) is 4. The van der Waals surface area contributed by atoms with Gasteiger partial charge in [0.05, 0.1) is 11.6 Å². The molecular weight excluding hydrogens is 263 g/mol. The van der Waals surface area contributed by atoms with Gasteiger partial charge in [0.25, 0.3) is 0 Å². The fourth-order valence-electron chi connectivity index (χ4n) is 2.19. The highest BCUT2D eigenvalue weighted by Gasteiger charge is 2.40. The van der Waals surface area contributed by atoms with E-state index in [4.69, 9.17) is 5.73 Å². The Bertz CT molecular complexity index is 383. The molecule has 2 rings (SSSR count). The molecule has 7 heteroatoms. The third-order valence-electron chi connectivity index (χ3n) is 3.30. The summed E-state index contributed by atoms with van der Waals surface area (Å²) in [5.74, 6) is -1.12. The van der Waals surface area contributed by atoms with Gasteiger partial charge in [0.15, 0.2) is 5.13 Å². The summed E-state index contributed by atoms with van der Waals surface area (Å²) in [5, 5.41) is 2.44. The van der Waals surface area contributed by atoms with Crippen LogP contribution in [0.25, 0.3) is 0 Å². The molecule has 1 fully saturated rings. The Morgan fingerprint density at radius 2 is 2.06 bits per heavy atom. The molecule has 18 heavy (non-hydrogen) atoms. The first-order valence-corrected chi connectivity index (χ1v) is 6.82. The number of anilines is 1. The summed E-state index contributed by atoms with van der Waals surface area (Å²) in [6.07, 6.45) is -2.86. The third-order valence-corrected chi connectivity index (χ3v) is 4.03. The van der Waals surface area contributed by atoms with Gasteiger partial charge in [-0.1, -0.05) is 0 Å². The quantitative estimate of drug-likeness (QED) is 0.924. The van der Waals surface area contributed by atoms with Crippen molar-refractivity contribution in [3.8, 4) is 0 Å². The van der Waals surface area contributed by atoms with Gasteiger partial charge in [-0.3, -0.25) is 0 Å². The van der Waals surface area contributed by atoms with E-state index in [0.29, 0.717) is 18.2 Å². The van der Waals surface area contributed by atoms with Gasteiger partial charge in [-0.25, -0.2) is 4.98 Å². The number of likely N-dealkylation sites (tertiary alicyclic amines) is 1. The van der Waals surface area contributed by atoms with E-state index in [1.54, 1.807) is 0 Å². The van der Waals surface area contributed by atoms with Crippen LogP contribution in [0.2, 0.25) is 0 Å². The molecule has 2 N–H and O–H groups in total. The van der Waals surface area contributed by atoms with E-state index >= 15 is 0 Å². The van der Waals surface area contributed by atoms with Crippen molar-refractivity contribution in [1.82, 2.24) is 9.88 Å². The first kappa shape index (κ1) is 13.6. The third kappa shape index (κ3) is 3.58. The highest BCUT2D eigenvalue weighted by molar-refractivity contribution is 7.13. The predicted octanol–water partition coefficient (Wildman–Crippen LogP) is 2.54. The molecule has 0 saturated carbocycles. The van der Waals surface area contributed by atoms with Gasteiger partial charge >= 0.3 is 6.18 Å². The van der Waals surface area contributed by atoms with Crippen molar-refractivity contribution in [1.29, 1.82) is 0 Å². The Hall–Kier alpha value is -0.820. The lowest BCUT2D eigenvalue weighted by molar-refractivity contribution is -0.185. The molecule has 0 aromatic carbocycles. The summed E-state index contributed by atoms with van der Waals surface area (Å²) in [6.45, 7) is 1.79. The van der Waals surface area contributed by atoms with E-state index in [0.717, 1.165) is 18.7 Å². The Morgan fingerprint density at radius 3 is 2.56 bits per heavy atom. The number of alkyl halides is 3. The number of piperidine rings is 1. The van der Waals surface area contributed by atoms with E-state index in [-0.39, 0.29) is 12.8 Å². The molecule has 1 saturated heterocycles. The largest absolute Gasteiger partial charge is 0.391 e. The molecule has 0 spiro atoms. The summed E-state index contributed by atoms with van der Waals surface area (Å²) in [7, 11) is 0. The van der Waals surface area contributed by atoms with Crippen LogP contribution in [-0.4, -0.2) is 35.7 Å². The van der Waals surface area contributed by atoms with Crippen LogP contribution in [0.3, 0.4) is 0 Å². The fourth-order valence-corrected chi connectivity index (χ4v) is 2.79. The number of thiazole rings is 1. The van der Waals surface area contributed by atoms with Gasteiger partial charge in [0.1, 0.15) is 0 Å². The van der Waals surface area contributed by atoms with E-state index in [1.165, 1.54) is 11.3 Å². The lowest BCUT2D eigenvalue weighted by Crippen LogP contribution is -2.39. The molecule has 2 heterocycles. The molecule has 0 radical (unpaired) electrons. The molecule has 0 atom stereocenters. The van der Waals surface area contributed by atoms with Crippen molar-refractivity contribution < 1.29 is 13.2 Å². The summed E-state index contributed by atoms with van der Waals surface area (Å²) >= 11 is 1.39. The number of nitrogen functional groups attached to an aromatic ring is 1. The van der Waals surface area contributed by atoms with Crippen LogP contribution in [0.4, 0.5) is 18.3 Å². The van der Waals surface area contributed by atoms with E-state index in [9.17, 15) is 13.2 Å². The van der Waals surface area contributed by atoms with Crippen molar-refractivity contribution >= 4 is 16.5 Å². The van der Waals surface area contributed by atoms with Crippen molar-refractivity contribution in [2.24, 2.45) is 5.92 Å². The second-order valence-corrected chi connectivity index (χ2v) is 5.47. The van der Waals surface area contributed by atoms with Crippen molar-refractivity contribution in [3.63, 3.8) is 0 Å². The minimum absolute atomic E-state index is 0.211. The zero-order valence-corrected chi connectivity index (χ0v) is 10.7. The second kappa shape index (κ2) is 5.44. The van der Waals surface area contributed by atoms with Gasteiger partial charge in [-0.15, -0.1) is 11.3 Å². The van der Waals surface area contributed by atoms with Crippen molar-refractivity contribution in [2.45, 2.75) is 25.4 Å². The highest BCUT2D eigenvalue weighted by Crippen LogP contribution is 2.34. The maximum atomic E-state index is 12.5. The topological polar surface area (TPSA) is 42.1 Å². The number of nitrogens with two attached hydrogens (primary N) is 1. The van der Waals surface area contributed by atoms with Gasteiger partial charge in [-0.05, 0) is 25.9 Å². The minimum atomic E-state index is -4.03. The zero-order chi connectivity index (χ0) is 13.2. The summed E-state index contributed by atoms with van der Waals surface area (Å²) in [4.78, 5) is 6.21. The van der Waals surface area contributed by atoms with Crippen LogP contribution in [0.5, 0.6) is 0 Å². The monoisotopic (exact) mass is 279 g/mol. The Morgan fingerprint density at radius 1 is 1.39 bits per heavy atom. The van der Waals surface area contributed by atoms with Gasteiger partial charge in [-0.2, -0.15) is 13.2 Å². The number of halogens is 3. The predicted molar refractivity (Wildman–Crippen MR) is 65.4 cm³/mol. The Kier molecular flexibility index (Phi) is 4.11. The zero-order valence-electron chi connectivity index (χ0n) is 9.91. The van der Waals surface area contributed by atoms with Crippen LogP contribution in [0.15, 0.2) is 5.38 Å². The SMILES string of the molecule is Nc1nc(CCN2CCC(C(F)(F)F)CC2)cs1. The molecule has 102 valence electrons. The molecule has 0 amide bonds. The normalized spacial score (nSPS) is 19.3. The van der Waals surface area contributed by atoms with Crippen molar-refractivity contribution in [3.05, 3.63) is 11.1 Å². The second-order valence-electron chi connectivity index (χ2n) is 4.58. The minimum Gasteiger partial charge on any atom is -0.375 e. The van der Waals surface area contributed by atoms with E-state index in [2.05, 4.69) is 9.88 Å². The van der Waals surface area contributed by atoms with Crippen molar-refractivity contribution in [2.75, 3.05) is 25.4 Å². The smallest absolute Gasteiger partial charge is 0.375 e. The van der Waals surface area contributed by atoms with Crippen LogP contribution in [-0.2, 0) is 6.42 Å². The fraction of sp³-hybridized carbons (Fsp3) is 0.727. The van der Waals surface area contributed by atoms with Gasteiger partial charge < -0.3 is 10.6 Å². The molecule has 0 bridgehead atoms. The number of nitrogens with zero attached hydrogens (tertiary/aromatic N) is 2. The number of hydrogen-bond donors (Lipinski definition) is 1. The standard InChI is InChI=1S/C11H16F3N3S/c12-11(13,14)8-1-4-17(5-2-8)6-3-9-7-18-10(15)16-9/h7-8H,1-6H2,(H2,15,16). The van der Waals surface area contributed by atoms with Gasteiger partial charge in [0, 0.05) is 18.3 Å². The molecule has 1 aliphatic rings. The molecule has 1 aromatic heterocycles. The number of rotatable bonds is 3. The Labute approximate surface area is 108 Å². The maximum absolute atomic E-state index is 12.5. The highest BCUT2D eigenvalue weighted by atomic mass is 32.1. The van der Waals surface area contributed by atoms with Crippen LogP contribution < -0.4 is 5.73 Å². The molecule has 1 aromatic rings. The first-order valence-electron chi connectivity index (χ1n) is 5.94. The lowest BCUT2D eigenvalue weighted by atomic mass is 9.96. The first-order chi connectivity index (χ1) is 8.45. The van der Waals surface area contributed by atoms with E-state index in [1.807, 2.05) is 5.38 Å². The summed E-state index contributed by atoms with van der Waals surface area (Å²) < 4.78 is 37.4. The van der Waals surface area contributed by atoms with Crippen LogP contribution >= 0.6 is 11.3 Å². The average Bonchev–Trinajstić information content (AvgIpc) is 2.72. The summed E-state index contributed by atoms with van der Waals surface area (Å²) in [5.41, 5.74) is 6.45. The van der Waals surface area contributed by atoms with Crippen LogP contribution in [0, 0.1) is 5.92 Å². The number of aromatic nitrogens is 1. The van der Waals surface area contributed by atoms with E-state index < -0.39 is 12.1 Å². The lowest BCUT2D eigenvalue weighted by Gasteiger charge is -2.32. The molecule has 0 aliphatic carbocycles. The molecular formula is C11H16F3N3S. The molecule has 3 nitrogen and oxygen atoms in total. The van der Waals surface area contributed by atoms with Crippen LogP contribution in [0.1, 0.15) is 18.5 Å². The van der Waals surface area contributed by atoms with Gasteiger partial charge in [0.2, 0.25) is 0 Å². The maximum Gasteiger partial charge on any atom is 0.391 e. The average molecular weight is 279 g/mol. The molecule has 0 unspecified atom stereocenters. The Balaban J connectivity index is 1.74. The summed E-state index contributed by atoms with van der Waals surface area (Å²) in [6, 6.07) is 0.